The van der Waals surface area contributed by atoms with Crippen LogP contribution in [-0.2, 0) is 0 Å². The van der Waals surface area contributed by atoms with Crippen LogP contribution in [0.15, 0.2) is 30.5 Å². The molecule has 2 rings (SSSR count). The van der Waals surface area contributed by atoms with Crippen molar-refractivity contribution in [1.29, 1.82) is 0 Å². The van der Waals surface area contributed by atoms with E-state index < -0.39 is 5.82 Å². The van der Waals surface area contributed by atoms with E-state index in [0.29, 0.717) is 5.75 Å². The van der Waals surface area contributed by atoms with E-state index >= 15 is 0 Å². The zero-order chi connectivity index (χ0) is 11.5. The van der Waals surface area contributed by atoms with Crippen molar-refractivity contribution in [1.82, 2.24) is 9.97 Å². The summed E-state index contributed by atoms with van der Waals surface area (Å²) in [5.74, 6) is -0.328. The van der Waals surface area contributed by atoms with Gasteiger partial charge in [-0.1, -0.05) is 6.07 Å². The number of rotatable bonds is 2. The van der Waals surface area contributed by atoms with Crippen LogP contribution in [0.25, 0.3) is 0 Å². The summed E-state index contributed by atoms with van der Waals surface area (Å²) < 4.78 is 19.5. The number of hydrogen-bond acceptors (Lipinski definition) is 3. The van der Waals surface area contributed by atoms with Crippen molar-refractivity contribution < 1.29 is 9.13 Å². The topological polar surface area (TPSA) is 35.0 Å². The van der Waals surface area contributed by atoms with Gasteiger partial charge in [0.25, 0.3) is 5.88 Å². The van der Waals surface area contributed by atoms with Gasteiger partial charge in [0.05, 0.1) is 6.20 Å². The molecule has 16 heavy (non-hydrogen) atoms. The molecule has 0 fully saturated rings. The molecule has 0 aliphatic heterocycles. The maximum absolute atomic E-state index is 13.2. The number of aromatic nitrogens is 2. The lowest BCUT2D eigenvalue weighted by molar-refractivity contribution is 0.419. The number of nitrogens with zero attached hydrogens (tertiary/aromatic N) is 2. The van der Waals surface area contributed by atoms with Crippen molar-refractivity contribution in [2.75, 3.05) is 0 Å². The van der Waals surface area contributed by atoms with Crippen molar-refractivity contribution >= 4 is 34.2 Å². The molecule has 1 heterocycles. The Kier molecular flexibility index (Phi) is 3.55. The molecule has 0 spiro atoms. The predicted octanol–water partition coefficient (Wildman–Crippen LogP) is 3.67. The Morgan fingerprint density at radius 3 is 2.94 bits per heavy atom. The molecule has 0 bridgehead atoms. The van der Waals surface area contributed by atoms with E-state index in [1.54, 1.807) is 18.2 Å². The second kappa shape index (κ2) is 4.92. The number of benzene rings is 1. The first-order valence-electron chi connectivity index (χ1n) is 4.26. The smallest absolute Gasteiger partial charge is 0.260 e. The van der Waals surface area contributed by atoms with E-state index in [2.05, 4.69) is 32.6 Å². The number of halogens is 3. The number of ether oxygens (including phenoxy) is 1. The van der Waals surface area contributed by atoms with Gasteiger partial charge in [-0.25, -0.2) is 4.98 Å². The first kappa shape index (κ1) is 11.5. The Morgan fingerprint density at radius 2 is 2.19 bits per heavy atom. The van der Waals surface area contributed by atoms with E-state index in [1.165, 1.54) is 0 Å². The van der Waals surface area contributed by atoms with E-state index in [-0.39, 0.29) is 11.2 Å². The fourth-order valence-electron chi connectivity index (χ4n) is 1.04. The lowest BCUT2D eigenvalue weighted by Crippen LogP contribution is -1.94. The van der Waals surface area contributed by atoms with Gasteiger partial charge < -0.3 is 4.74 Å². The zero-order valence-electron chi connectivity index (χ0n) is 7.82. The summed E-state index contributed by atoms with van der Waals surface area (Å²) >= 11 is 7.67. The van der Waals surface area contributed by atoms with Gasteiger partial charge in [-0.3, -0.25) is 0 Å². The van der Waals surface area contributed by atoms with Gasteiger partial charge in [-0.05, 0) is 52.4 Å². The summed E-state index contributed by atoms with van der Waals surface area (Å²) in [6.07, 6.45) is 0.971. The van der Waals surface area contributed by atoms with Crippen LogP contribution < -0.4 is 4.74 Å². The van der Waals surface area contributed by atoms with Crippen molar-refractivity contribution in [2.24, 2.45) is 0 Å². The molecule has 3 nitrogen and oxygen atoms in total. The Labute approximate surface area is 110 Å². The lowest BCUT2D eigenvalue weighted by Gasteiger charge is -2.05. The third kappa shape index (κ3) is 2.79. The summed E-state index contributed by atoms with van der Waals surface area (Å²) in [5.41, 5.74) is 0. The molecule has 82 valence electrons. The first-order valence-corrected chi connectivity index (χ1v) is 5.72. The highest BCUT2D eigenvalue weighted by atomic mass is 127. The average Bonchev–Trinajstić information content (AvgIpc) is 2.24. The molecule has 1 aromatic carbocycles. The van der Waals surface area contributed by atoms with Crippen LogP contribution in [0.3, 0.4) is 0 Å². The summed E-state index contributed by atoms with van der Waals surface area (Å²) in [7, 11) is 0. The summed E-state index contributed by atoms with van der Waals surface area (Å²) in [6.45, 7) is 0. The second-order valence-corrected chi connectivity index (χ2v) is 4.44. The SMILES string of the molecule is Fc1cnc(Cl)nc1Oc1cccc(I)c1. The molecule has 2 aromatic rings. The third-order valence-electron chi connectivity index (χ3n) is 1.69. The van der Waals surface area contributed by atoms with Crippen LogP contribution in [0.4, 0.5) is 4.39 Å². The van der Waals surface area contributed by atoms with Crippen molar-refractivity contribution in [3.05, 3.63) is 45.1 Å². The van der Waals surface area contributed by atoms with Crippen molar-refractivity contribution in [2.45, 2.75) is 0 Å². The largest absolute Gasteiger partial charge is 0.436 e. The Morgan fingerprint density at radius 1 is 1.38 bits per heavy atom. The Hall–Kier alpha value is -0.950. The van der Waals surface area contributed by atoms with Gasteiger partial charge in [0, 0.05) is 3.57 Å². The molecule has 0 saturated heterocycles. The van der Waals surface area contributed by atoms with Crippen LogP contribution in [-0.4, -0.2) is 9.97 Å². The number of hydrogen-bond donors (Lipinski definition) is 0. The van der Waals surface area contributed by atoms with Crippen molar-refractivity contribution in [3.63, 3.8) is 0 Å². The zero-order valence-corrected chi connectivity index (χ0v) is 10.7. The fraction of sp³-hybridized carbons (Fsp3) is 0. The summed E-state index contributed by atoms with van der Waals surface area (Å²) in [5, 5.41) is -0.0537. The highest BCUT2D eigenvalue weighted by molar-refractivity contribution is 14.1. The van der Waals surface area contributed by atoms with Crippen LogP contribution in [0, 0.1) is 9.39 Å². The van der Waals surface area contributed by atoms with Gasteiger partial charge in [0.15, 0.2) is 0 Å². The van der Waals surface area contributed by atoms with Crippen LogP contribution in [0.5, 0.6) is 11.6 Å². The van der Waals surface area contributed by atoms with Gasteiger partial charge in [0.1, 0.15) is 5.75 Å². The summed E-state index contributed by atoms with van der Waals surface area (Å²) in [6, 6.07) is 7.17. The lowest BCUT2D eigenvalue weighted by atomic mass is 10.3. The van der Waals surface area contributed by atoms with E-state index in [1.807, 2.05) is 6.07 Å². The molecule has 0 aliphatic rings. The van der Waals surface area contributed by atoms with Gasteiger partial charge in [-0.15, -0.1) is 0 Å². The monoisotopic (exact) mass is 350 g/mol. The maximum Gasteiger partial charge on any atom is 0.260 e. The molecular formula is C10H5ClFIN2O. The van der Waals surface area contributed by atoms with Crippen LogP contribution in [0.2, 0.25) is 5.28 Å². The van der Waals surface area contributed by atoms with Crippen LogP contribution >= 0.6 is 34.2 Å². The molecule has 0 radical (unpaired) electrons. The first-order chi connectivity index (χ1) is 7.65. The Bertz CT molecular complexity index is 524. The highest BCUT2D eigenvalue weighted by Crippen LogP contribution is 2.23. The molecule has 0 N–H and O–H groups in total. The normalized spacial score (nSPS) is 10.2. The van der Waals surface area contributed by atoms with Gasteiger partial charge in [-0.2, -0.15) is 9.37 Å². The quantitative estimate of drug-likeness (QED) is 0.612. The molecule has 0 unspecified atom stereocenters. The molecule has 0 aliphatic carbocycles. The van der Waals surface area contributed by atoms with Crippen molar-refractivity contribution in [3.8, 4) is 11.6 Å². The minimum atomic E-state index is -0.650. The van der Waals surface area contributed by atoms with E-state index in [9.17, 15) is 4.39 Å². The molecule has 0 saturated carbocycles. The van der Waals surface area contributed by atoms with E-state index in [4.69, 9.17) is 16.3 Å². The minimum absolute atomic E-state index is 0.0537. The highest BCUT2D eigenvalue weighted by Gasteiger charge is 2.08. The van der Waals surface area contributed by atoms with Gasteiger partial charge in [0.2, 0.25) is 11.1 Å². The third-order valence-corrected chi connectivity index (χ3v) is 2.55. The molecular weight excluding hydrogens is 345 g/mol. The average molecular weight is 351 g/mol. The molecule has 0 atom stereocenters. The van der Waals surface area contributed by atoms with Gasteiger partial charge >= 0.3 is 0 Å². The van der Waals surface area contributed by atoms with Crippen LogP contribution in [0.1, 0.15) is 0 Å². The fourth-order valence-corrected chi connectivity index (χ4v) is 1.68. The predicted molar refractivity (Wildman–Crippen MR) is 66.2 cm³/mol. The molecule has 1 aromatic heterocycles. The molecule has 6 heteroatoms. The molecule has 0 amide bonds. The second-order valence-electron chi connectivity index (χ2n) is 2.85. The standard InChI is InChI=1S/C10H5ClFIN2O/c11-10-14-5-8(12)9(15-10)16-7-3-1-2-6(13)4-7/h1-5H. The van der Waals surface area contributed by atoms with E-state index in [0.717, 1.165) is 9.77 Å². The Balaban J connectivity index is 2.30. The minimum Gasteiger partial charge on any atom is -0.436 e. The summed E-state index contributed by atoms with van der Waals surface area (Å²) in [4.78, 5) is 7.15. The maximum atomic E-state index is 13.2.